The van der Waals surface area contributed by atoms with E-state index in [1.54, 1.807) is 0 Å². The first-order chi connectivity index (χ1) is 6.81. The topological polar surface area (TPSA) is 20.2 Å². The zero-order valence-corrected chi connectivity index (χ0v) is 9.89. The summed E-state index contributed by atoms with van der Waals surface area (Å²) in [5.41, 5.74) is 1.11. The zero-order chi connectivity index (χ0) is 10.6. The SMILES string of the molecule is CCCCCCCCCCC(C)=CO. The standard InChI is InChI=1S/C13H26O/c1-3-4-5-6-7-8-9-10-11-13(2)12-14/h12,14H,3-11H2,1-2H3. The van der Waals surface area contributed by atoms with Gasteiger partial charge in [0.05, 0.1) is 6.26 Å². The quantitative estimate of drug-likeness (QED) is 0.409. The molecule has 84 valence electrons. The zero-order valence-electron chi connectivity index (χ0n) is 9.89. The molecule has 0 aliphatic carbocycles. The van der Waals surface area contributed by atoms with Gasteiger partial charge in [-0.05, 0) is 25.3 Å². The average Bonchev–Trinajstić information content (AvgIpc) is 2.21. The summed E-state index contributed by atoms with van der Waals surface area (Å²) in [6.07, 6.45) is 13.1. The molecular formula is C13H26O. The molecule has 1 heteroatoms. The molecule has 0 heterocycles. The average molecular weight is 198 g/mol. The van der Waals surface area contributed by atoms with Crippen molar-refractivity contribution in [1.29, 1.82) is 0 Å². The molecule has 0 rings (SSSR count). The van der Waals surface area contributed by atoms with Crippen LogP contribution in [-0.4, -0.2) is 5.11 Å². The number of hydrogen-bond donors (Lipinski definition) is 1. The highest BCUT2D eigenvalue weighted by atomic mass is 16.2. The molecule has 0 amide bonds. The van der Waals surface area contributed by atoms with E-state index in [1.165, 1.54) is 57.6 Å². The summed E-state index contributed by atoms with van der Waals surface area (Å²) in [5, 5.41) is 8.67. The Morgan fingerprint density at radius 2 is 1.43 bits per heavy atom. The summed E-state index contributed by atoms with van der Waals surface area (Å²) in [4.78, 5) is 0. The van der Waals surface area contributed by atoms with Crippen LogP contribution in [0.3, 0.4) is 0 Å². The van der Waals surface area contributed by atoms with Gasteiger partial charge in [0.2, 0.25) is 0 Å². The van der Waals surface area contributed by atoms with Crippen LogP contribution in [0, 0.1) is 0 Å². The van der Waals surface area contributed by atoms with Crippen LogP contribution >= 0.6 is 0 Å². The molecule has 0 atom stereocenters. The Hall–Kier alpha value is -0.460. The highest BCUT2D eigenvalue weighted by Gasteiger charge is 1.92. The van der Waals surface area contributed by atoms with E-state index in [9.17, 15) is 0 Å². The van der Waals surface area contributed by atoms with Crippen molar-refractivity contribution in [3.05, 3.63) is 11.8 Å². The normalized spacial score (nSPS) is 12.0. The van der Waals surface area contributed by atoms with Gasteiger partial charge in [0.1, 0.15) is 0 Å². The van der Waals surface area contributed by atoms with Crippen molar-refractivity contribution in [2.75, 3.05) is 0 Å². The molecule has 0 bridgehead atoms. The molecule has 0 aromatic carbocycles. The second kappa shape index (κ2) is 10.6. The third kappa shape index (κ3) is 9.63. The molecule has 0 spiro atoms. The van der Waals surface area contributed by atoms with Crippen LogP contribution in [0.1, 0.15) is 71.6 Å². The van der Waals surface area contributed by atoms with Crippen LogP contribution in [0.4, 0.5) is 0 Å². The number of aliphatic hydroxyl groups is 1. The summed E-state index contributed by atoms with van der Waals surface area (Å²) in [6.45, 7) is 4.24. The van der Waals surface area contributed by atoms with Crippen molar-refractivity contribution in [2.45, 2.75) is 71.6 Å². The fourth-order valence-electron chi connectivity index (χ4n) is 1.60. The Balaban J connectivity index is 2.99. The molecule has 0 aliphatic rings. The maximum Gasteiger partial charge on any atom is 0.0780 e. The summed E-state index contributed by atoms with van der Waals surface area (Å²) < 4.78 is 0. The molecule has 0 saturated carbocycles. The van der Waals surface area contributed by atoms with Gasteiger partial charge in [-0.1, -0.05) is 51.9 Å². The van der Waals surface area contributed by atoms with Gasteiger partial charge in [0.15, 0.2) is 0 Å². The Morgan fingerprint density at radius 1 is 0.929 bits per heavy atom. The third-order valence-electron chi connectivity index (χ3n) is 2.65. The number of unbranched alkanes of at least 4 members (excludes halogenated alkanes) is 7. The van der Waals surface area contributed by atoms with E-state index >= 15 is 0 Å². The summed E-state index contributed by atoms with van der Waals surface area (Å²) in [7, 11) is 0. The van der Waals surface area contributed by atoms with E-state index < -0.39 is 0 Å². The van der Waals surface area contributed by atoms with Crippen LogP contribution < -0.4 is 0 Å². The van der Waals surface area contributed by atoms with Crippen LogP contribution in [-0.2, 0) is 0 Å². The maximum absolute atomic E-state index is 8.67. The van der Waals surface area contributed by atoms with Gasteiger partial charge in [-0.15, -0.1) is 0 Å². The Bertz CT molecular complexity index is 138. The first kappa shape index (κ1) is 13.5. The van der Waals surface area contributed by atoms with Crippen LogP contribution in [0.5, 0.6) is 0 Å². The summed E-state index contributed by atoms with van der Waals surface area (Å²) in [5.74, 6) is 0. The number of allylic oxidation sites excluding steroid dienone is 1. The minimum absolute atomic E-state index is 1.06. The molecule has 0 unspecified atom stereocenters. The first-order valence-electron chi connectivity index (χ1n) is 6.11. The monoisotopic (exact) mass is 198 g/mol. The van der Waals surface area contributed by atoms with E-state index in [0.29, 0.717) is 0 Å². The van der Waals surface area contributed by atoms with Crippen molar-refractivity contribution in [1.82, 2.24) is 0 Å². The van der Waals surface area contributed by atoms with Gasteiger partial charge in [0.25, 0.3) is 0 Å². The van der Waals surface area contributed by atoms with Crippen molar-refractivity contribution in [2.24, 2.45) is 0 Å². The van der Waals surface area contributed by atoms with Crippen LogP contribution in [0.2, 0.25) is 0 Å². The number of rotatable bonds is 9. The van der Waals surface area contributed by atoms with Gasteiger partial charge in [0, 0.05) is 0 Å². The molecule has 0 fully saturated rings. The molecule has 0 saturated heterocycles. The largest absolute Gasteiger partial charge is 0.516 e. The fraction of sp³-hybridized carbons (Fsp3) is 0.846. The van der Waals surface area contributed by atoms with E-state index in [2.05, 4.69) is 6.92 Å². The molecular weight excluding hydrogens is 172 g/mol. The predicted molar refractivity (Wildman–Crippen MR) is 63.6 cm³/mol. The van der Waals surface area contributed by atoms with E-state index in [4.69, 9.17) is 5.11 Å². The minimum Gasteiger partial charge on any atom is -0.516 e. The lowest BCUT2D eigenvalue weighted by atomic mass is 10.1. The smallest absolute Gasteiger partial charge is 0.0780 e. The summed E-state index contributed by atoms with van der Waals surface area (Å²) >= 11 is 0. The molecule has 0 aliphatic heterocycles. The second-order valence-electron chi connectivity index (χ2n) is 4.20. The van der Waals surface area contributed by atoms with Gasteiger partial charge in [-0.2, -0.15) is 0 Å². The van der Waals surface area contributed by atoms with Crippen LogP contribution in [0.15, 0.2) is 11.8 Å². The Kier molecular flexibility index (Phi) is 10.3. The Labute approximate surface area is 89.2 Å². The molecule has 0 aromatic heterocycles. The second-order valence-corrected chi connectivity index (χ2v) is 4.20. The molecule has 0 radical (unpaired) electrons. The van der Waals surface area contributed by atoms with E-state index in [0.717, 1.165) is 12.0 Å². The summed E-state index contributed by atoms with van der Waals surface area (Å²) in [6, 6.07) is 0. The van der Waals surface area contributed by atoms with Crippen molar-refractivity contribution in [3.8, 4) is 0 Å². The third-order valence-corrected chi connectivity index (χ3v) is 2.65. The number of hydrogen-bond acceptors (Lipinski definition) is 1. The van der Waals surface area contributed by atoms with Gasteiger partial charge >= 0.3 is 0 Å². The fourth-order valence-corrected chi connectivity index (χ4v) is 1.60. The number of aliphatic hydroxyl groups excluding tert-OH is 1. The van der Waals surface area contributed by atoms with Gasteiger partial charge in [-0.3, -0.25) is 0 Å². The highest BCUT2D eigenvalue weighted by Crippen LogP contribution is 2.11. The van der Waals surface area contributed by atoms with E-state index in [-0.39, 0.29) is 0 Å². The minimum atomic E-state index is 1.06. The molecule has 1 nitrogen and oxygen atoms in total. The lowest BCUT2D eigenvalue weighted by Gasteiger charge is -2.01. The predicted octanol–water partition coefficient (Wildman–Crippen LogP) is 4.98. The van der Waals surface area contributed by atoms with Crippen molar-refractivity contribution >= 4 is 0 Å². The van der Waals surface area contributed by atoms with Crippen molar-refractivity contribution < 1.29 is 5.11 Å². The van der Waals surface area contributed by atoms with Crippen molar-refractivity contribution in [3.63, 3.8) is 0 Å². The molecule has 1 N–H and O–H groups in total. The van der Waals surface area contributed by atoms with Gasteiger partial charge in [-0.25, -0.2) is 0 Å². The highest BCUT2D eigenvalue weighted by molar-refractivity contribution is 4.91. The molecule has 0 aromatic rings. The Morgan fingerprint density at radius 3 is 1.93 bits per heavy atom. The maximum atomic E-state index is 8.67. The lowest BCUT2D eigenvalue weighted by Crippen LogP contribution is -1.82. The van der Waals surface area contributed by atoms with Gasteiger partial charge < -0.3 is 5.11 Å². The first-order valence-corrected chi connectivity index (χ1v) is 6.11. The lowest BCUT2D eigenvalue weighted by molar-refractivity contribution is 0.462. The van der Waals surface area contributed by atoms with Crippen LogP contribution in [0.25, 0.3) is 0 Å². The van der Waals surface area contributed by atoms with E-state index in [1.807, 2.05) is 6.92 Å². The molecule has 14 heavy (non-hydrogen) atoms.